The maximum absolute atomic E-state index is 14.4. The molecule has 3 aliphatic rings. The molecule has 0 radical (unpaired) electrons. The number of aliphatic hydroxyl groups is 1. The Morgan fingerprint density at radius 2 is 1.81 bits per heavy atom. The largest absolute Gasteiger partial charge is 0.458 e. The Hall–Kier alpha value is -3.67. The minimum absolute atomic E-state index is 0. The van der Waals surface area contributed by atoms with E-state index in [1.165, 1.54) is 6.92 Å². The number of unbranched alkanes of at least 4 members (excludes halogenated alkanes) is 1. The molecule has 59 heavy (non-hydrogen) atoms. The summed E-state index contributed by atoms with van der Waals surface area (Å²) >= 11 is 0. The van der Waals surface area contributed by atoms with Gasteiger partial charge in [-0.15, -0.1) is 5.10 Å². The van der Waals surface area contributed by atoms with Gasteiger partial charge >= 0.3 is 12.1 Å². The summed E-state index contributed by atoms with van der Waals surface area (Å²) in [5, 5.41) is 23.7. The maximum Gasteiger partial charge on any atom is 0.410 e. The fraction of sp³-hybridized carbons (Fsp3) is 0.744. The van der Waals surface area contributed by atoms with Crippen LogP contribution in [0.3, 0.4) is 0 Å². The lowest BCUT2D eigenvalue weighted by molar-refractivity contribution is -0.295. The number of fused-ring (bicyclic) bond motifs is 1. The molecule has 16 heteroatoms. The molecule has 3 fully saturated rings. The standard InChI is InChI=1S/C43H69N7O9.H2/c1-12-34-43(8)37(50(41(54)59-43)19-14-13-18-49-24-32(46-47-49)30-16-15-17-31(44)21-30)29(6)45-23-25(2)22-42(7,55-11)38(27(4)35(51)28(5)39(53)57-34)58-40-36(52)33(48(9)10)20-26(3)56-40;/h15-17,21,24-29,33-34,36-38,40,45,52H,12-14,18-20,22-23,44H2,1-11H3;1H/t25-,26-,27+,28-,29-,33?,34-,36?,37-,38-,40+,42-,43-;/m1./s1. The van der Waals surface area contributed by atoms with Gasteiger partial charge in [0.2, 0.25) is 0 Å². The third kappa shape index (κ3) is 10.3. The number of anilines is 1. The predicted octanol–water partition coefficient (Wildman–Crippen LogP) is 4.53. The minimum atomic E-state index is -1.23. The van der Waals surface area contributed by atoms with Gasteiger partial charge in [0.05, 0.1) is 30.0 Å². The lowest BCUT2D eigenvalue weighted by atomic mass is 9.78. The van der Waals surface area contributed by atoms with Crippen LogP contribution in [0.25, 0.3) is 11.3 Å². The number of nitrogen functional groups attached to an aromatic ring is 1. The van der Waals surface area contributed by atoms with E-state index in [0.717, 1.165) is 11.3 Å². The number of ether oxygens (including phenoxy) is 5. The van der Waals surface area contributed by atoms with E-state index in [-0.39, 0.29) is 25.5 Å². The topological polar surface area (TPSA) is 193 Å². The zero-order chi connectivity index (χ0) is 43.4. The van der Waals surface area contributed by atoms with Crippen LogP contribution in [-0.2, 0) is 39.8 Å². The van der Waals surface area contributed by atoms with Crippen molar-refractivity contribution in [2.75, 3.05) is 40.0 Å². The molecule has 0 spiro atoms. The number of carbonyl (C=O) groups is 3. The first-order chi connectivity index (χ1) is 27.8. The first-order valence-corrected chi connectivity index (χ1v) is 21.3. The SMILES string of the molecule is CC[C@H]1OC(=O)[C@H](C)C(=O)[C@H](C)[C@@H](O[C@@H]2O[C@H](C)CC(N(C)C)C2O)[C@](C)(OC)C[C@@H](C)CN[C@H](C)[C@H]2N(CCCCn3cc(-c4cccc(N)c4)nn3)C(=O)O[C@]12C.[HH]. The van der Waals surface area contributed by atoms with E-state index in [1.54, 1.807) is 23.6 Å². The van der Waals surface area contributed by atoms with Crippen LogP contribution in [0.15, 0.2) is 30.5 Å². The minimum Gasteiger partial charge on any atom is -0.458 e. The molecule has 3 aliphatic heterocycles. The van der Waals surface area contributed by atoms with Crippen molar-refractivity contribution < 1.29 is 44.6 Å². The van der Waals surface area contributed by atoms with E-state index in [0.29, 0.717) is 57.4 Å². The number of aryl methyl sites for hydroxylation is 1. The molecule has 0 saturated carbocycles. The summed E-state index contributed by atoms with van der Waals surface area (Å²) < 4.78 is 33.3. The summed E-state index contributed by atoms with van der Waals surface area (Å²) in [7, 11) is 5.39. The number of Topliss-reactive ketones (excluding diaryl/α,β-unsaturated/α-hetero) is 1. The van der Waals surface area contributed by atoms with Gasteiger partial charge in [-0.3, -0.25) is 19.2 Å². The summed E-state index contributed by atoms with van der Waals surface area (Å²) in [6.45, 7) is 16.4. The summed E-state index contributed by atoms with van der Waals surface area (Å²) in [4.78, 5) is 45.9. The van der Waals surface area contributed by atoms with E-state index < -0.39 is 71.5 Å². The third-order valence-electron chi connectivity index (χ3n) is 12.8. The smallest absolute Gasteiger partial charge is 0.410 e. The number of rotatable bonds is 11. The number of cyclic esters (lactones) is 1. The first-order valence-electron chi connectivity index (χ1n) is 21.3. The number of benzene rings is 1. The van der Waals surface area contributed by atoms with Crippen molar-refractivity contribution in [3.63, 3.8) is 0 Å². The van der Waals surface area contributed by atoms with Gasteiger partial charge in [-0.05, 0) is 105 Å². The number of nitrogens with zero attached hydrogens (tertiary/aromatic N) is 5. The van der Waals surface area contributed by atoms with Crippen LogP contribution < -0.4 is 11.1 Å². The highest BCUT2D eigenvalue weighted by molar-refractivity contribution is 6.00. The molecule has 2 unspecified atom stereocenters. The second-order valence-corrected chi connectivity index (χ2v) is 17.8. The number of nitrogens with two attached hydrogens (primary N) is 1. The van der Waals surface area contributed by atoms with Crippen LogP contribution in [0.2, 0.25) is 0 Å². The Kier molecular flexibility index (Phi) is 15.2. The number of ketones is 1. The van der Waals surface area contributed by atoms with Crippen LogP contribution in [0.4, 0.5) is 10.5 Å². The van der Waals surface area contributed by atoms with Crippen LogP contribution in [0.1, 0.15) is 88.9 Å². The first kappa shape index (κ1) is 46.4. The number of aliphatic hydroxyl groups excluding tert-OH is 1. The molecule has 0 aliphatic carbocycles. The molecule has 4 heterocycles. The summed E-state index contributed by atoms with van der Waals surface area (Å²) in [5.74, 6) is -3.16. The number of likely N-dealkylation sites (N-methyl/N-ethyl adjacent to an activating group) is 1. The Labute approximate surface area is 351 Å². The number of carbonyl (C=O) groups excluding carboxylic acids is 3. The molecule has 5 rings (SSSR count). The third-order valence-corrected chi connectivity index (χ3v) is 12.8. The van der Waals surface area contributed by atoms with Crippen LogP contribution in [0, 0.1) is 17.8 Å². The fourth-order valence-corrected chi connectivity index (χ4v) is 9.45. The van der Waals surface area contributed by atoms with E-state index in [2.05, 4.69) is 22.6 Å². The Morgan fingerprint density at radius 1 is 1.10 bits per heavy atom. The fourth-order valence-electron chi connectivity index (χ4n) is 9.45. The number of hydrogen-bond acceptors (Lipinski definition) is 14. The average molecular weight is 830 g/mol. The lowest BCUT2D eigenvalue weighted by Gasteiger charge is -2.46. The van der Waals surface area contributed by atoms with Gasteiger partial charge in [0.25, 0.3) is 0 Å². The second-order valence-electron chi connectivity index (χ2n) is 17.8. The number of aromatic nitrogens is 3. The maximum atomic E-state index is 14.4. The predicted molar refractivity (Wildman–Crippen MR) is 224 cm³/mol. The highest BCUT2D eigenvalue weighted by Crippen LogP contribution is 2.40. The molecule has 332 valence electrons. The molecule has 0 bridgehead atoms. The van der Waals surface area contributed by atoms with Crippen molar-refractivity contribution in [1.82, 2.24) is 30.1 Å². The van der Waals surface area contributed by atoms with E-state index >= 15 is 0 Å². The quantitative estimate of drug-likeness (QED) is 0.124. The van der Waals surface area contributed by atoms with Crippen molar-refractivity contribution in [2.45, 2.75) is 154 Å². The normalized spacial score (nSPS) is 36.5. The number of esters is 1. The number of hydrogen-bond donors (Lipinski definition) is 3. The Morgan fingerprint density at radius 3 is 2.47 bits per heavy atom. The summed E-state index contributed by atoms with van der Waals surface area (Å²) in [6.07, 6.45) is 0.194. The average Bonchev–Trinajstić information content (AvgIpc) is 3.77. The van der Waals surface area contributed by atoms with Gasteiger partial charge in [0, 0.05) is 50.9 Å². The second kappa shape index (κ2) is 19.4. The van der Waals surface area contributed by atoms with Crippen molar-refractivity contribution in [3.05, 3.63) is 30.5 Å². The number of nitrogens with one attached hydrogen (secondary N) is 1. The van der Waals surface area contributed by atoms with Crippen LogP contribution in [-0.4, -0.2) is 142 Å². The number of methoxy groups -OCH3 is 1. The zero-order valence-corrected chi connectivity index (χ0v) is 36.9. The zero-order valence-electron chi connectivity index (χ0n) is 36.9. The van der Waals surface area contributed by atoms with Gasteiger partial charge < -0.3 is 44.7 Å². The molecule has 1 aromatic carbocycles. The van der Waals surface area contributed by atoms with Crippen molar-refractivity contribution in [3.8, 4) is 11.3 Å². The molecule has 16 nitrogen and oxygen atoms in total. The molecule has 2 aromatic rings. The van der Waals surface area contributed by atoms with Crippen molar-refractivity contribution >= 4 is 23.5 Å². The Bertz CT molecular complexity index is 1750. The van der Waals surface area contributed by atoms with Gasteiger partial charge in [-0.1, -0.05) is 38.1 Å². The molecule has 4 N–H and O–H groups in total. The molecular weight excluding hydrogens is 759 g/mol. The van der Waals surface area contributed by atoms with Gasteiger partial charge in [-0.25, -0.2) is 4.79 Å². The number of amides is 1. The Balaban J connectivity index is 0.00000794. The summed E-state index contributed by atoms with van der Waals surface area (Å²) in [6, 6.07) is 6.46. The van der Waals surface area contributed by atoms with Gasteiger partial charge in [-0.2, -0.15) is 0 Å². The molecule has 13 atom stereocenters. The van der Waals surface area contributed by atoms with E-state index in [4.69, 9.17) is 29.4 Å². The van der Waals surface area contributed by atoms with E-state index in [1.807, 2.05) is 84.1 Å². The van der Waals surface area contributed by atoms with Crippen molar-refractivity contribution in [1.29, 1.82) is 0 Å². The van der Waals surface area contributed by atoms with Crippen LogP contribution >= 0.6 is 0 Å². The van der Waals surface area contributed by atoms with Gasteiger partial charge in [0.15, 0.2) is 17.7 Å². The summed E-state index contributed by atoms with van der Waals surface area (Å²) in [5.41, 5.74) is 5.95. The molecule has 3 saturated heterocycles. The van der Waals surface area contributed by atoms with E-state index in [9.17, 15) is 19.5 Å². The van der Waals surface area contributed by atoms with Crippen LogP contribution in [0.5, 0.6) is 0 Å². The molecular formula is C43H71N7O9. The highest BCUT2D eigenvalue weighted by atomic mass is 16.7. The molecule has 1 amide bonds. The van der Waals surface area contributed by atoms with Crippen molar-refractivity contribution in [2.24, 2.45) is 17.8 Å². The highest BCUT2D eigenvalue weighted by Gasteiger charge is 2.58. The lowest BCUT2D eigenvalue weighted by Crippen LogP contribution is -2.61. The molecule has 1 aromatic heterocycles. The monoisotopic (exact) mass is 830 g/mol. The van der Waals surface area contributed by atoms with Gasteiger partial charge in [0.1, 0.15) is 23.8 Å².